The summed E-state index contributed by atoms with van der Waals surface area (Å²) in [5, 5.41) is 13.1. The molecule has 100 valence electrons. The highest BCUT2D eigenvalue weighted by atomic mass is 79.9. The first-order chi connectivity index (χ1) is 8.70. The number of halogens is 1. The zero-order valence-corrected chi connectivity index (χ0v) is 12.3. The summed E-state index contributed by atoms with van der Waals surface area (Å²) in [6.07, 6.45) is 5.47. The third-order valence-electron chi connectivity index (χ3n) is 3.30. The van der Waals surface area contributed by atoms with Crippen LogP contribution < -0.4 is 10.1 Å². The predicted molar refractivity (Wildman–Crippen MR) is 76.0 cm³/mol. The fourth-order valence-electron chi connectivity index (χ4n) is 2.04. The molecule has 18 heavy (non-hydrogen) atoms. The van der Waals surface area contributed by atoms with Crippen molar-refractivity contribution in [2.75, 3.05) is 13.7 Å². The van der Waals surface area contributed by atoms with Gasteiger partial charge in [0.25, 0.3) is 0 Å². The maximum absolute atomic E-state index is 9.71. The van der Waals surface area contributed by atoms with Gasteiger partial charge < -0.3 is 15.2 Å². The summed E-state index contributed by atoms with van der Waals surface area (Å²) in [4.78, 5) is 0. The monoisotopic (exact) mass is 313 g/mol. The second-order valence-corrected chi connectivity index (χ2v) is 5.75. The molecule has 0 heterocycles. The number of phenolic OH excluding ortho intramolecular Hbond substituents is 1. The van der Waals surface area contributed by atoms with Gasteiger partial charge in [-0.2, -0.15) is 0 Å². The van der Waals surface area contributed by atoms with Crippen LogP contribution in [0.2, 0.25) is 0 Å². The van der Waals surface area contributed by atoms with Crippen molar-refractivity contribution in [1.29, 1.82) is 0 Å². The molecule has 1 aromatic carbocycles. The Hall–Kier alpha value is -0.740. The van der Waals surface area contributed by atoms with Gasteiger partial charge in [0.2, 0.25) is 0 Å². The lowest BCUT2D eigenvalue weighted by atomic mass is 10.2. The summed E-state index contributed by atoms with van der Waals surface area (Å²) < 4.78 is 5.80. The number of hydrogen-bond acceptors (Lipinski definition) is 3. The predicted octanol–water partition coefficient (Wildman–Crippen LogP) is 3.44. The van der Waals surface area contributed by atoms with Gasteiger partial charge in [-0.15, -0.1) is 0 Å². The van der Waals surface area contributed by atoms with Crippen LogP contribution >= 0.6 is 15.9 Å². The van der Waals surface area contributed by atoms with Crippen LogP contribution in [0.1, 0.15) is 31.2 Å². The molecule has 0 saturated heterocycles. The average Bonchev–Trinajstić information content (AvgIpc) is 3.17. The van der Waals surface area contributed by atoms with E-state index in [1.807, 2.05) is 12.1 Å². The van der Waals surface area contributed by atoms with E-state index in [1.165, 1.54) is 25.7 Å². The van der Waals surface area contributed by atoms with Gasteiger partial charge in [-0.1, -0.05) is 12.8 Å². The average molecular weight is 314 g/mol. The molecule has 2 rings (SSSR count). The van der Waals surface area contributed by atoms with Gasteiger partial charge in [0, 0.05) is 6.54 Å². The third kappa shape index (κ3) is 3.89. The quantitative estimate of drug-likeness (QED) is 0.758. The SMILES string of the molecule is COc1cc(CNCCCC2CC2)cc(Br)c1O. The molecule has 0 radical (unpaired) electrons. The third-order valence-corrected chi connectivity index (χ3v) is 3.90. The van der Waals surface area contributed by atoms with Gasteiger partial charge in [0.05, 0.1) is 11.6 Å². The standard InChI is InChI=1S/C14H20BrNO2/c1-18-13-8-11(7-12(15)14(13)17)9-16-6-2-3-10-4-5-10/h7-8,10,16-17H,2-6,9H2,1H3. The molecule has 1 aromatic rings. The van der Waals surface area contributed by atoms with Gasteiger partial charge in [0.1, 0.15) is 0 Å². The molecule has 0 spiro atoms. The molecule has 1 aliphatic rings. The number of rotatable bonds is 7. The van der Waals surface area contributed by atoms with Crippen LogP contribution in [0.5, 0.6) is 11.5 Å². The van der Waals surface area contributed by atoms with Crippen molar-refractivity contribution in [2.24, 2.45) is 5.92 Å². The maximum Gasteiger partial charge on any atom is 0.172 e. The number of aromatic hydroxyl groups is 1. The summed E-state index contributed by atoms with van der Waals surface area (Å²) >= 11 is 3.33. The van der Waals surface area contributed by atoms with Crippen molar-refractivity contribution >= 4 is 15.9 Å². The smallest absolute Gasteiger partial charge is 0.172 e. The van der Waals surface area contributed by atoms with Crippen molar-refractivity contribution in [1.82, 2.24) is 5.32 Å². The molecule has 0 bridgehead atoms. The summed E-state index contributed by atoms with van der Waals surface area (Å²) in [6, 6.07) is 3.79. The van der Waals surface area contributed by atoms with Gasteiger partial charge >= 0.3 is 0 Å². The van der Waals surface area contributed by atoms with Crippen molar-refractivity contribution in [2.45, 2.75) is 32.2 Å². The lowest BCUT2D eigenvalue weighted by molar-refractivity contribution is 0.371. The summed E-state index contributed by atoms with van der Waals surface area (Å²) in [5.74, 6) is 1.68. The first kappa shape index (κ1) is 13.7. The molecule has 1 fully saturated rings. The molecule has 1 aliphatic carbocycles. The Labute approximate surface area is 117 Å². The molecule has 2 N–H and O–H groups in total. The first-order valence-corrected chi connectivity index (χ1v) is 7.26. The second kappa shape index (κ2) is 6.43. The van der Waals surface area contributed by atoms with E-state index in [0.717, 1.165) is 24.6 Å². The topological polar surface area (TPSA) is 41.5 Å². The van der Waals surface area contributed by atoms with E-state index in [-0.39, 0.29) is 5.75 Å². The van der Waals surface area contributed by atoms with Crippen molar-refractivity contribution in [3.63, 3.8) is 0 Å². The molecule has 0 atom stereocenters. The fraction of sp³-hybridized carbons (Fsp3) is 0.571. The molecular formula is C14H20BrNO2. The minimum Gasteiger partial charge on any atom is -0.503 e. The van der Waals surface area contributed by atoms with E-state index in [1.54, 1.807) is 7.11 Å². The largest absolute Gasteiger partial charge is 0.503 e. The van der Waals surface area contributed by atoms with Crippen molar-refractivity contribution in [3.8, 4) is 11.5 Å². The normalized spacial score (nSPS) is 14.8. The lowest BCUT2D eigenvalue weighted by Crippen LogP contribution is -2.14. The van der Waals surface area contributed by atoms with Crippen LogP contribution in [0.3, 0.4) is 0 Å². The molecule has 4 heteroatoms. The number of phenols is 1. The number of nitrogens with one attached hydrogen (secondary N) is 1. The maximum atomic E-state index is 9.71. The van der Waals surface area contributed by atoms with E-state index in [2.05, 4.69) is 21.2 Å². The van der Waals surface area contributed by atoms with E-state index in [4.69, 9.17) is 4.74 Å². The van der Waals surface area contributed by atoms with Crippen molar-refractivity contribution < 1.29 is 9.84 Å². The van der Waals surface area contributed by atoms with E-state index < -0.39 is 0 Å². The van der Waals surface area contributed by atoms with Crippen LogP contribution in [0, 0.1) is 5.92 Å². The minimum atomic E-state index is 0.162. The van der Waals surface area contributed by atoms with Crippen LogP contribution in [0.4, 0.5) is 0 Å². The summed E-state index contributed by atoms with van der Waals surface area (Å²) in [5.41, 5.74) is 1.11. The van der Waals surface area contributed by atoms with Crippen molar-refractivity contribution in [3.05, 3.63) is 22.2 Å². The van der Waals surface area contributed by atoms with Crippen LogP contribution in [-0.2, 0) is 6.54 Å². The molecular weight excluding hydrogens is 294 g/mol. The molecule has 0 aromatic heterocycles. The number of methoxy groups -OCH3 is 1. The zero-order chi connectivity index (χ0) is 13.0. The Morgan fingerprint density at radius 1 is 1.44 bits per heavy atom. The van der Waals surface area contributed by atoms with Crippen LogP contribution in [0.25, 0.3) is 0 Å². The number of hydrogen-bond donors (Lipinski definition) is 2. The number of benzene rings is 1. The van der Waals surface area contributed by atoms with Gasteiger partial charge in [-0.3, -0.25) is 0 Å². The molecule has 1 saturated carbocycles. The Morgan fingerprint density at radius 3 is 2.89 bits per heavy atom. The fourth-order valence-corrected chi connectivity index (χ4v) is 2.53. The second-order valence-electron chi connectivity index (χ2n) is 4.89. The molecule has 0 amide bonds. The van der Waals surface area contributed by atoms with Gasteiger partial charge in [-0.25, -0.2) is 0 Å². The van der Waals surface area contributed by atoms with E-state index >= 15 is 0 Å². The summed E-state index contributed by atoms with van der Waals surface area (Å²) in [6.45, 7) is 1.86. The van der Waals surface area contributed by atoms with Crippen LogP contribution in [-0.4, -0.2) is 18.8 Å². The van der Waals surface area contributed by atoms with Crippen LogP contribution in [0.15, 0.2) is 16.6 Å². The highest BCUT2D eigenvalue weighted by molar-refractivity contribution is 9.10. The van der Waals surface area contributed by atoms with E-state index in [9.17, 15) is 5.11 Å². The van der Waals surface area contributed by atoms with Gasteiger partial charge in [0.15, 0.2) is 11.5 Å². The highest BCUT2D eigenvalue weighted by Crippen LogP contribution is 2.35. The summed E-state index contributed by atoms with van der Waals surface area (Å²) in [7, 11) is 1.56. The Bertz CT molecular complexity index is 405. The number of ether oxygens (including phenoxy) is 1. The Kier molecular flexibility index (Phi) is 4.89. The molecule has 3 nitrogen and oxygen atoms in total. The minimum absolute atomic E-state index is 0.162. The van der Waals surface area contributed by atoms with Gasteiger partial charge in [-0.05, 0) is 58.9 Å². The Morgan fingerprint density at radius 2 is 2.22 bits per heavy atom. The molecule has 0 aliphatic heterocycles. The molecule has 0 unspecified atom stereocenters. The zero-order valence-electron chi connectivity index (χ0n) is 10.7. The Balaban J connectivity index is 1.78. The lowest BCUT2D eigenvalue weighted by Gasteiger charge is -2.10. The highest BCUT2D eigenvalue weighted by Gasteiger charge is 2.19. The van der Waals surface area contributed by atoms with E-state index in [0.29, 0.717) is 10.2 Å². The first-order valence-electron chi connectivity index (χ1n) is 6.47.